The van der Waals surface area contributed by atoms with Gasteiger partial charge in [-0.1, -0.05) is 29.3 Å². The van der Waals surface area contributed by atoms with Gasteiger partial charge in [0.1, 0.15) is 0 Å². The molecule has 0 aliphatic carbocycles. The summed E-state index contributed by atoms with van der Waals surface area (Å²) in [5.74, 6) is 0.100. The Morgan fingerprint density at radius 2 is 2.17 bits per heavy atom. The molecule has 3 nitrogen and oxygen atoms in total. The molecule has 0 spiro atoms. The van der Waals surface area contributed by atoms with Crippen LogP contribution >= 0.6 is 23.2 Å². The van der Waals surface area contributed by atoms with Crippen molar-refractivity contribution in [1.82, 2.24) is 4.90 Å². The molecule has 2 rings (SSSR count). The fraction of sp³-hybridized carbons (Fsp3) is 0.462. The van der Waals surface area contributed by atoms with E-state index in [0.717, 1.165) is 24.9 Å². The van der Waals surface area contributed by atoms with Gasteiger partial charge in [-0.05, 0) is 30.5 Å². The smallest absolute Gasteiger partial charge is 0.227 e. The van der Waals surface area contributed by atoms with Gasteiger partial charge in [-0.2, -0.15) is 0 Å². The minimum Gasteiger partial charge on any atom is -0.341 e. The van der Waals surface area contributed by atoms with Crippen LogP contribution in [0, 0.1) is 0 Å². The molecule has 1 aromatic rings. The Morgan fingerprint density at radius 1 is 1.39 bits per heavy atom. The molecule has 1 fully saturated rings. The monoisotopic (exact) mass is 286 g/mol. The summed E-state index contributed by atoms with van der Waals surface area (Å²) in [5.41, 5.74) is 6.75. The molecule has 1 aliphatic heterocycles. The third-order valence-electron chi connectivity index (χ3n) is 3.15. The van der Waals surface area contributed by atoms with Crippen LogP contribution in [0.25, 0.3) is 0 Å². The summed E-state index contributed by atoms with van der Waals surface area (Å²) < 4.78 is 0. The number of nitrogens with two attached hydrogens (primary N) is 1. The lowest BCUT2D eigenvalue weighted by Gasteiger charge is -2.30. The first-order valence-corrected chi connectivity index (χ1v) is 6.79. The Balaban J connectivity index is 2.00. The lowest BCUT2D eigenvalue weighted by Crippen LogP contribution is -2.46. The van der Waals surface area contributed by atoms with E-state index in [1.165, 1.54) is 0 Å². The highest BCUT2D eigenvalue weighted by Gasteiger charge is 2.21. The molecule has 0 unspecified atom stereocenters. The van der Waals surface area contributed by atoms with Crippen LogP contribution in [0.3, 0.4) is 0 Å². The molecule has 0 bridgehead atoms. The van der Waals surface area contributed by atoms with Crippen LogP contribution in [-0.2, 0) is 11.2 Å². The van der Waals surface area contributed by atoms with Crippen LogP contribution in [0.2, 0.25) is 10.0 Å². The van der Waals surface area contributed by atoms with E-state index in [9.17, 15) is 4.79 Å². The van der Waals surface area contributed by atoms with Crippen molar-refractivity contribution >= 4 is 29.1 Å². The average Bonchev–Trinajstić information content (AvgIpc) is 2.34. The summed E-state index contributed by atoms with van der Waals surface area (Å²) in [4.78, 5) is 13.9. The number of carbonyl (C=O) groups excluding carboxylic acids is 1. The highest BCUT2D eigenvalue weighted by atomic mass is 35.5. The maximum Gasteiger partial charge on any atom is 0.227 e. The maximum atomic E-state index is 12.1. The second-order valence-corrected chi connectivity index (χ2v) is 5.48. The van der Waals surface area contributed by atoms with Gasteiger partial charge in [0.25, 0.3) is 0 Å². The Morgan fingerprint density at radius 3 is 2.83 bits per heavy atom. The van der Waals surface area contributed by atoms with E-state index in [2.05, 4.69) is 0 Å². The summed E-state index contributed by atoms with van der Waals surface area (Å²) in [6, 6.07) is 5.40. The van der Waals surface area contributed by atoms with Crippen molar-refractivity contribution in [1.29, 1.82) is 0 Å². The van der Waals surface area contributed by atoms with Crippen molar-refractivity contribution in [2.45, 2.75) is 25.3 Å². The zero-order valence-corrected chi connectivity index (χ0v) is 11.5. The van der Waals surface area contributed by atoms with Crippen LogP contribution < -0.4 is 5.73 Å². The van der Waals surface area contributed by atoms with E-state index in [1.54, 1.807) is 12.1 Å². The van der Waals surface area contributed by atoms with Gasteiger partial charge in [-0.3, -0.25) is 4.79 Å². The molecule has 1 amide bonds. The molecule has 1 aromatic carbocycles. The predicted molar refractivity (Wildman–Crippen MR) is 74.0 cm³/mol. The number of carbonyl (C=O) groups is 1. The first kappa shape index (κ1) is 13.7. The number of hydrogen-bond donors (Lipinski definition) is 1. The molecular formula is C13H16Cl2N2O. The van der Waals surface area contributed by atoms with Crippen LogP contribution in [0.1, 0.15) is 18.4 Å². The number of benzene rings is 1. The molecule has 1 atom stereocenters. The number of hydrogen-bond acceptors (Lipinski definition) is 2. The fourth-order valence-electron chi connectivity index (χ4n) is 2.17. The number of piperidine rings is 1. The molecule has 0 saturated carbocycles. The Bertz CT molecular complexity index is 451. The molecule has 0 radical (unpaired) electrons. The van der Waals surface area contributed by atoms with Crippen LogP contribution in [0.15, 0.2) is 18.2 Å². The highest BCUT2D eigenvalue weighted by Crippen LogP contribution is 2.23. The number of nitrogens with zero attached hydrogens (tertiary/aromatic N) is 1. The normalized spacial score (nSPS) is 19.9. The number of likely N-dealkylation sites (tertiary alicyclic amines) is 1. The summed E-state index contributed by atoms with van der Waals surface area (Å²) in [6.07, 6.45) is 2.33. The number of halogens is 2. The Kier molecular flexibility index (Phi) is 4.49. The average molecular weight is 287 g/mol. The van der Waals surface area contributed by atoms with E-state index in [-0.39, 0.29) is 11.9 Å². The topological polar surface area (TPSA) is 46.3 Å². The molecule has 18 heavy (non-hydrogen) atoms. The largest absolute Gasteiger partial charge is 0.341 e. The zero-order chi connectivity index (χ0) is 13.1. The van der Waals surface area contributed by atoms with Crippen molar-refractivity contribution in [3.63, 3.8) is 0 Å². The summed E-state index contributed by atoms with van der Waals surface area (Å²) in [7, 11) is 0. The van der Waals surface area contributed by atoms with Crippen LogP contribution in [0.4, 0.5) is 0 Å². The lowest BCUT2D eigenvalue weighted by molar-refractivity contribution is -0.131. The van der Waals surface area contributed by atoms with E-state index < -0.39 is 0 Å². The maximum absolute atomic E-state index is 12.1. The van der Waals surface area contributed by atoms with E-state index in [0.29, 0.717) is 23.0 Å². The SMILES string of the molecule is N[C@@H]1CCCN(C(=O)Cc2ccc(Cl)c(Cl)c2)C1. The zero-order valence-electron chi connectivity index (χ0n) is 10.0. The molecule has 5 heteroatoms. The van der Waals surface area contributed by atoms with Crippen LogP contribution in [0.5, 0.6) is 0 Å². The third-order valence-corrected chi connectivity index (χ3v) is 3.89. The molecule has 98 valence electrons. The second-order valence-electron chi connectivity index (χ2n) is 4.67. The number of rotatable bonds is 2. The third kappa shape index (κ3) is 3.37. The Hall–Kier alpha value is -0.770. The van der Waals surface area contributed by atoms with Gasteiger partial charge in [0.2, 0.25) is 5.91 Å². The molecular weight excluding hydrogens is 271 g/mol. The van der Waals surface area contributed by atoms with Gasteiger partial charge in [-0.15, -0.1) is 0 Å². The highest BCUT2D eigenvalue weighted by molar-refractivity contribution is 6.42. The van der Waals surface area contributed by atoms with Gasteiger partial charge in [0.05, 0.1) is 16.5 Å². The standard InChI is InChI=1S/C13H16Cl2N2O/c14-11-4-3-9(6-12(11)15)7-13(18)17-5-1-2-10(16)8-17/h3-4,6,10H,1-2,5,7-8,16H2/t10-/m1/s1. The summed E-state index contributed by atoms with van der Waals surface area (Å²) in [5, 5.41) is 0.991. The van der Waals surface area contributed by atoms with Crippen LogP contribution in [-0.4, -0.2) is 29.9 Å². The van der Waals surface area contributed by atoms with E-state index >= 15 is 0 Å². The summed E-state index contributed by atoms with van der Waals surface area (Å²) >= 11 is 11.8. The summed E-state index contributed by atoms with van der Waals surface area (Å²) in [6.45, 7) is 1.45. The van der Waals surface area contributed by atoms with Gasteiger partial charge in [0, 0.05) is 19.1 Å². The van der Waals surface area contributed by atoms with E-state index in [4.69, 9.17) is 28.9 Å². The quantitative estimate of drug-likeness (QED) is 0.908. The molecule has 1 aliphatic rings. The second kappa shape index (κ2) is 5.91. The predicted octanol–water partition coefficient (Wildman–Crippen LogP) is 2.49. The minimum atomic E-state index is 0.100. The first-order valence-electron chi connectivity index (χ1n) is 6.03. The van der Waals surface area contributed by atoms with E-state index in [1.807, 2.05) is 11.0 Å². The first-order chi connectivity index (χ1) is 8.56. The fourth-order valence-corrected chi connectivity index (χ4v) is 2.49. The van der Waals surface area contributed by atoms with Crippen molar-refractivity contribution < 1.29 is 4.79 Å². The van der Waals surface area contributed by atoms with Gasteiger partial charge in [-0.25, -0.2) is 0 Å². The van der Waals surface area contributed by atoms with Crippen molar-refractivity contribution in [2.24, 2.45) is 5.73 Å². The molecule has 1 heterocycles. The van der Waals surface area contributed by atoms with Crippen molar-refractivity contribution in [2.75, 3.05) is 13.1 Å². The minimum absolute atomic E-state index is 0.100. The molecule has 0 aromatic heterocycles. The number of amides is 1. The van der Waals surface area contributed by atoms with Gasteiger partial charge in [0.15, 0.2) is 0 Å². The van der Waals surface area contributed by atoms with Crippen molar-refractivity contribution in [3.8, 4) is 0 Å². The lowest BCUT2D eigenvalue weighted by atomic mass is 10.1. The van der Waals surface area contributed by atoms with Crippen molar-refractivity contribution in [3.05, 3.63) is 33.8 Å². The van der Waals surface area contributed by atoms with Gasteiger partial charge >= 0.3 is 0 Å². The molecule has 2 N–H and O–H groups in total. The van der Waals surface area contributed by atoms with Gasteiger partial charge < -0.3 is 10.6 Å². The molecule has 1 saturated heterocycles. The Labute approximate surface area is 117 Å².